The number of ether oxygens (including phenoxy) is 1. The normalized spacial score (nSPS) is 26.1. The van der Waals surface area contributed by atoms with Crippen molar-refractivity contribution in [2.45, 2.75) is 44.2 Å². The largest absolute Gasteiger partial charge is 0.362 e. The number of morpholine rings is 1. The zero-order valence-corrected chi connectivity index (χ0v) is 13.4. The Morgan fingerprint density at radius 1 is 1.45 bits per heavy atom. The Morgan fingerprint density at radius 2 is 2.23 bits per heavy atom. The lowest BCUT2D eigenvalue weighted by Crippen LogP contribution is -2.60. The Bertz CT molecular complexity index is 544. The van der Waals surface area contributed by atoms with Crippen molar-refractivity contribution < 1.29 is 14.3 Å². The van der Waals surface area contributed by atoms with Crippen molar-refractivity contribution in [2.24, 2.45) is 0 Å². The first-order chi connectivity index (χ1) is 10.6. The monoisotopic (exact) mass is 324 g/mol. The zero-order chi connectivity index (χ0) is 15.6. The lowest BCUT2D eigenvalue weighted by atomic mass is 10.0. The Labute approximate surface area is 133 Å². The van der Waals surface area contributed by atoms with Gasteiger partial charge in [0.05, 0.1) is 13.2 Å². The molecule has 2 heterocycles. The van der Waals surface area contributed by atoms with E-state index in [4.69, 9.17) is 4.74 Å². The standard InChI is InChI=1S/C14H20N4O3S/c1-14(13(20)15-10-4-2-3-5-10)9-18(6-7-21-14)12(19)11-8-22-17-16-11/h8,10H,2-7,9H2,1H3,(H,15,20)/t14-/m0/s1. The number of carbonyl (C=O) groups excluding carboxylic acids is 2. The van der Waals surface area contributed by atoms with Crippen LogP contribution in [0.15, 0.2) is 5.38 Å². The number of hydrogen-bond donors (Lipinski definition) is 1. The van der Waals surface area contributed by atoms with Crippen LogP contribution in [0.4, 0.5) is 0 Å². The molecule has 1 aliphatic heterocycles. The van der Waals surface area contributed by atoms with Crippen molar-refractivity contribution in [1.82, 2.24) is 19.8 Å². The first-order valence-electron chi connectivity index (χ1n) is 7.60. The number of carbonyl (C=O) groups is 2. The average Bonchev–Trinajstić information content (AvgIpc) is 3.19. The third kappa shape index (κ3) is 3.12. The molecule has 120 valence electrons. The topological polar surface area (TPSA) is 84.4 Å². The average molecular weight is 324 g/mol. The van der Waals surface area contributed by atoms with Crippen LogP contribution in [-0.2, 0) is 9.53 Å². The molecule has 8 heteroatoms. The van der Waals surface area contributed by atoms with E-state index in [1.54, 1.807) is 17.2 Å². The van der Waals surface area contributed by atoms with Gasteiger partial charge in [-0.15, -0.1) is 5.10 Å². The van der Waals surface area contributed by atoms with Gasteiger partial charge in [0.2, 0.25) is 0 Å². The van der Waals surface area contributed by atoms with E-state index in [2.05, 4.69) is 14.9 Å². The Morgan fingerprint density at radius 3 is 2.91 bits per heavy atom. The molecule has 0 spiro atoms. The highest BCUT2D eigenvalue weighted by Gasteiger charge is 2.42. The van der Waals surface area contributed by atoms with Crippen molar-refractivity contribution in [1.29, 1.82) is 0 Å². The maximum Gasteiger partial charge on any atom is 0.275 e. The number of nitrogens with zero attached hydrogens (tertiary/aromatic N) is 3. The van der Waals surface area contributed by atoms with Crippen molar-refractivity contribution in [2.75, 3.05) is 19.7 Å². The Kier molecular flexibility index (Phi) is 4.39. The molecule has 2 amide bonds. The van der Waals surface area contributed by atoms with Crippen LogP contribution in [0, 0.1) is 0 Å². The molecule has 7 nitrogen and oxygen atoms in total. The summed E-state index contributed by atoms with van der Waals surface area (Å²) in [5.41, 5.74) is -0.676. The molecule has 1 saturated carbocycles. The van der Waals surface area contributed by atoms with Gasteiger partial charge in [-0.2, -0.15) is 0 Å². The molecule has 2 fully saturated rings. The van der Waals surface area contributed by atoms with E-state index in [-0.39, 0.29) is 24.4 Å². The summed E-state index contributed by atoms with van der Waals surface area (Å²) in [7, 11) is 0. The number of rotatable bonds is 3. The molecule has 1 saturated heterocycles. The summed E-state index contributed by atoms with van der Waals surface area (Å²) < 4.78 is 9.41. The molecule has 1 atom stereocenters. The SMILES string of the molecule is C[C@@]1(C(=O)NC2CCCC2)CN(C(=O)c2csnn2)CCO1. The zero-order valence-electron chi connectivity index (χ0n) is 12.6. The molecule has 1 aliphatic carbocycles. The minimum Gasteiger partial charge on any atom is -0.362 e. The second kappa shape index (κ2) is 6.29. The van der Waals surface area contributed by atoms with Gasteiger partial charge in [-0.25, -0.2) is 0 Å². The van der Waals surface area contributed by atoms with Gasteiger partial charge in [0.1, 0.15) is 0 Å². The summed E-state index contributed by atoms with van der Waals surface area (Å²) >= 11 is 1.14. The highest BCUT2D eigenvalue weighted by Crippen LogP contribution is 2.23. The van der Waals surface area contributed by atoms with Gasteiger partial charge in [0, 0.05) is 18.0 Å². The summed E-state index contributed by atoms with van der Waals surface area (Å²) in [5.74, 6) is -0.328. The number of amides is 2. The summed E-state index contributed by atoms with van der Waals surface area (Å²) in [6.45, 7) is 2.79. The second-order valence-electron chi connectivity index (χ2n) is 6.05. The molecule has 0 radical (unpaired) electrons. The van der Waals surface area contributed by atoms with Gasteiger partial charge in [-0.1, -0.05) is 17.3 Å². The molecule has 1 N–H and O–H groups in total. The number of nitrogens with one attached hydrogen (secondary N) is 1. The number of hydrogen-bond acceptors (Lipinski definition) is 6. The van der Waals surface area contributed by atoms with Gasteiger partial charge in [0.25, 0.3) is 11.8 Å². The van der Waals surface area contributed by atoms with Crippen LogP contribution in [0.3, 0.4) is 0 Å². The molecule has 2 aliphatic rings. The minimum absolute atomic E-state index is 0.131. The second-order valence-corrected chi connectivity index (χ2v) is 6.66. The number of aromatic nitrogens is 2. The van der Waals surface area contributed by atoms with Crippen LogP contribution < -0.4 is 5.32 Å². The molecule has 0 aromatic carbocycles. The van der Waals surface area contributed by atoms with Gasteiger partial charge < -0.3 is 15.0 Å². The molecular formula is C14H20N4O3S. The molecule has 0 bridgehead atoms. The van der Waals surface area contributed by atoms with Gasteiger partial charge in [0.15, 0.2) is 11.3 Å². The molecular weight excluding hydrogens is 304 g/mol. The minimum atomic E-state index is -1.00. The summed E-state index contributed by atoms with van der Waals surface area (Å²) in [6, 6.07) is 0.238. The van der Waals surface area contributed by atoms with E-state index < -0.39 is 5.60 Å². The van der Waals surface area contributed by atoms with E-state index in [1.807, 2.05) is 0 Å². The lowest BCUT2D eigenvalue weighted by molar-refractivity contribution is -0.154. The van der Waals surface area contributed by atoms with Crippen LogP contribution in [-0.4, -0.2) is 57.6 Å². The van der Waals surface area contributed by atoms with Crippen molar-refractivity contribution in [3.8, 4) is 0 Å². The highest BCUT2D eigenvalue weighted by molar-refractivity contribution is 7.03. The van der Waals surface area contributed by atoms with Gasteiger partial charge >= 0.3 is 0 Å². The van der Waals surface area contributed by atoms with E-state index >= 15 is 0 Å². The quantitative estimate of drug-likeness (QED) is 0.890. The first-order valence-corrected chi connectivity index (χ1v) is 8.43. The van der Waals surface area contributed by atoms with Crippen LogP contribution in [0.25, 0.3) is 0 Å². The first kappa shape index (κ1) is 15.4. The van der Waals surface area contributed by atoms with Gasteiger partial charge in [-0.05, 0) is 31.3 Å². The van der Waals surface area contributed by atoms with E-state index in [9.17, 15) is 9.59 Å². The van der Waals surface area contributed by atoms with Crippen molar-refractivity contribution in [3.05, 3.63) is 11.1 Å². The maximum atomic E-state index is 12.5. The smallest absolute Gasteiger partial charge is 0.275 e. The summed E-state index contributed by atoms with van der Waals surface area (Å²) in [6.07, 6.45) is 4.36. The van der Waals surface area contributed by atoms with Crippen LogP contribution >= 0.6 is 11.5 Å². The van der Waals surface area contributed by atoms with Crippen molar-refractivity contribution in [3.63, 3.8) is 0 Å². The molecule has 0 unspecified atom stereocenters. The van der Waals surface area contributed by atoms with Gasteiger partial charge in [-0.3, -0.25) is 9.59 Å². The fraction of sp³-hybridized carbons (Fsp3) is 0.714. The van der Waals surface area contributed by atoms with E-state index in [0.717, 1.165) is 37.2 Å². The van der Waals surface area contributed by atoms with E-state index in [0.29, 0.717) is 18.8 Å². The third-order valence-corrected chi connectivity index (χ3v) is 4.82. The van der Waals surface area contributed by atoms with Crippen LogP contribution in [0.5, 0.6) is 0 Å². The molecule has 22 heavy (non-hydrogen) atoms. The lowest BCUT2D eigenvalue weighted by Gasteiger charge is -2.39. The highest BCUT2D eigenvalue weighted by atomic mass is 32.1. The fourth-order valence-electron chi connectivity index (χ4n) is 3.01. The Hall–Kier alpha value is -1.54. The summed E-state index contributed by atoms with van der Waals surface area (Å²) in [4.78, 5) is 26.5. The van der Waals surface area contributed by atoms with Crippen LogP contribution in [0.1, 0.15) is 43.1 Å². The van der Waals surface area contributed by atoms with E-state index in [1.165, 1.54) is 0 Å². The van der Waals surface area contributed by atoms with Crippen molar-refractivity contribution >= 4 is 23.3 Å². The predicted octanol–water partition coefficient (Wildman–Crippen LogP) is 0.828. The predicted molar refractivity (Wildman–Crippen MR) is 80.6 cm³/mol. The summed E-state index contributed by atoms with van der Waals surface area (Å²) in [5, 5.41) is 8.48. The third-order valence-electron chi connectivity index (χ3n) is 4.31. The fourth-order valence-corrected chi connectivity index (χ4v) is 3.44. The molecule has 1 aromatic heterocycles. The molecule has 3 rings (SSSR count). The van der Waals surface area contributed by atoms with Crippen LogP contribution in [0.2, 0.25) is 0 Å². The molecule has 1 aromatic rings. The Balaban J connectivity index is 1.65. The maximum absolute atomic E-state index is 12.5.